The van der Waals surface area contributed by atoms with Crippen molar-refractivity contribution in [3.05, 3.63) is 41.2 Å². The van der Waals surface area contributed by atoms with E-state index in [4.69, 9.17) is 0 Å². The van der Waals surface area contributed by atoms with Gasteiger partial charge in [0.1, 0.15) is 11.5 Å². The maximum Gasteiger partial charge on any atom is 0.170 e. The smallest absolute Gasteiger partial charge is 0.170 e. The van der Waals surface area contributed by atoms with Gasteiger partial charge in [0.05, 0.1) is 0 Å². The first-order valence-corrected chi connectivity index (χ1v) is 6.41. The molecule has 18 heavy (non-hydrogen) atoms. The second kappa shape index (κ2) is 4.41. The quantitative estimate of drug-likeness (QED) is 0.756. The standard InChI is InChI=1S/C15H16N2O/c1-11-5-4-6-12(9-11)15-16-13(10-18)14-7-2-3-8-17(14)15/h4-6,9-10H,2-3,7-8H2,1H3. The normalized spacial score (nSPS) is 14.3. The molecule has 2 heterocycles. The first-order chi connectivity index (χ1) is 8.79. The largest absolute Gasteiger partial charge is 0.327 e. The van der Waals surface area contributed by atoms with Crippen LogP contribution in [0.25, 0.3) is 11.4 Å². The molecule has 0 spiro atoms. The lowest BCUT2D eigenvalue weighted by atomic mass is 10.1. The molecule has 0 atom stereocenters. The van der Waals surface area contributed by atoms with Crippen molar-refractivity contribution >= 4 is 6.29 Å². The van der Waals surface area contributed by atoms with Crippen molar-refractivity contribution in [1.29, 1.82) is 0 Å². The summed E-state index contributed by atoms with van der Waals surface area (Å²) < 4.78 is 2.21. The van der Waals surface area contributed by atoms with Gasteiger partial charge in [0.25, 0.3) is 0 Å². The van der Waals surface area contributed by atoms with Gasteiger partial charge in [-0.1, -0.05) is 23.8 Å². The average molecular weight is 240 g/mol. The van der Waals surface area contributed by atoms with Crippen LogP contribution in [0.2, 0.25) is 0 Å². The maximum atomic E-state index is 11.1. The lowest BCUT2D eigenvalue weighted by molar-refractivity contribution is 0.111. The van der Waals surface area contributed by atoms with E-state index in [0.29, 0.717) is 5.69 Å². The third-order valence-electron chi connectivity index (χ3n) is 3.54. The summed E-state index contributed by atoms with van der Waals surface area (Å²) >= 11 is 0. The number of aldehydes is 1. The molecule has 3 nitrogen and oxygen atoms in total. The van der Waals surface area contributed by atoms with Crippen LogP contribution < -0.4 is 0 Å². The number of hydrogen-bond acceptors (Lipinski definition) is 2. The van der Waals surface area contributed by atoms with Gasteiger partial charge in [0, 0.05) is 17.8 Å². The molecule has 1 aliphatic heterocycles. The Labute approximate surface area is 106 Å². The van der Waals surface area contributed by atoms with Crippen LogP contribution in [0.1, 0.15) is 34.6 Å². The number of carbonyl (C=O) groups is 1. The fourth-order valence-corrected chi connectivity index (χ4v) is 2.67. The monoisotopic (exact) mass is 240 g/mol. The van der Waals surface area contributed by atoms with Crippen LogP contribution in [0.4, 0.5) is 0 Å². The number of hydrogen-bond donors (Lipinski definition) is 0. The lowest BCUT2D eigenvalue weighted by Crippen LogP contribution is -2.11. The van der Waals surface area contributed by atoms with Crippen LogP contribution >= 0.6 is 0 Å². The van der Waals surface area contributed by atoms with Gasteiger partial charge in [0.2, 0.25) is 0 Å². The van der Waals surface area contributed by atoms with Gasteiger partial charge in [-0.15, -0.1) is 0 Å². The van der Waals surface area contributed by atoms with Gasteiger partial charge >= 0.3 is 0 Å². The zero-order valence-corrected chi connectivity index (χ0v) is 10.5. The topological polar surface area (TPSA) is 34.9 Å². The Balaban J connectivity index is 2.17. The fraction of sp³-hybridized carbons (Fsp3) is 0.333. The molecule has 0 radical (unpaired) electrons. The van der Waals surface area contributed by atoms with Crippen LogP contribution in [-0.2, 0) is 13.0 Å². The molecule has 0 aliphatic carbocycles. The minimum Gasteiger partial charge on any atom is -0.327 e. The second-order valence-corrected chi connectivity index (χ2v) is 4.86. The number of aromatic nitrogens is 2. The number of fused-ring (bicyclic) bond motifs is 1. The summed E-state index contributed by atoms with van der Waals surface area (Å²) in [6, 6.07) is 8.30. The van der Waals surface area contributed by atoms with E-state index >= 15 is 0 Å². The van der Waals surface area contributed by atoms with Gasteiger partial charge in [-0.05, 0) is 32.3 Å². The summed E-state index contributed by atoms with van der Waals surface area (Å²) in [6.45, 7) is 3.05. The number of carbonyl (C=O) groups excluding carboxylic acids is 1. The summed E-state index contributed by atoms with van der Waals surface area (Å²) in [5.74, 6) is 0.940. The van der Waals surface area contributed by atoms with Gasteiger partial charge in [0.15, 0.2) is 6.29 Å². The van der Waals surface area contributed by atoms with Crippen LogP contribution in [0.15, 0.2) is 24.3 Å². The molecule has 1 aromatic heterocycles. The number of aryl methyl sites for hydroxylation is 1. The summed E-state index contributed by atoms with van der Waals surface area (Å²) in [5, 5.41) is 0. The molecule has 0 amide bonds. The van der Waals surface area contributed by atoms with E-state index < -0.39 is 0 Å². The molecule has 1 aliphatic rings. The predicted octanol–water partition coefficient (Wildman–Crippen LogP) is 3.01. The van der Waals surface area contributed by atoms with Crippen LogP contribution in [0, 0.1) is 6.92 Å². The molecule has 0 saturated carbocycles. The van der Waals surface area contributed by atoms with Crippen LogP contribution in [-0.4, -0.2) is 15.8 Å². The predicted molar refractivity (Wildman–Crippen MR) is 70.7 cm³/mol. The zero-order chi connectivity index (χ0) is 12.5. The Bertz CT molecular complexity index is 599. The molecule has 2 aromatic rings. The van der Waals surface area contributed by atoms with Crippen molar-refractivity contribution < 1.29 is 4.79 Å². The van der Waals surface area contributed by atoms with E-state index in [2.05, 4.69) is 34.7 Å². The third kappa shape index (κ3) is 1.76. The van der Waals surface area contributed by atoms with Crippen LogP contribution in [0.3, 0.4) is 0 Å². The summed E-state index contributed by atoms with van der Waals surface area (Å²) in [4.78, 5) is 15.6. The molecule has 3 heteroatoms. The van der Waals surface area contributed by atoms with Crippen molar-refractivity contribution in [3.63, 3.8) is 0 Å². The first-order valence-electron chi connectivity index (χ1n) is 6.41. The maximum absolute atomic E-state index is 11.1. The highest BCUT2D eigenvalue weighted by Gasteiger charge is 2.20. The molecule has 0 fully saturated rings. The van der Waals surface area contributed by atoms with E-state index in [9.17, 15) is 4.79 Å². The third-order valence-corrected chi connectivity index (χ3v) is 3.54. The summed E-state index contributed by atoms with van der Waals surface area (Å²) in [6.07, 6.45) is 4.17. The average Bonchev–Trinajstić information content (AvgIpc) is 2.77. The summed E-state index contributed by atoms with van der Waals surface area (Å²) in [7, 11) is 0. The van der Waals surface area contributed by atoms with Gasteiger partial charge in [-0.2, -0.15) is 0 Å². The second-order valence-electron chi connectivity index (χ2n) is 4.86. The van der Waals surface area contributed by atoms with E-state index in [-0.39, 0.29) is 0 Å². The van der Waals surface area contributed by atoms with Crippen molar-refractivity contribution in [2.75, 3.05) is 0 Å². The Morgan fingerprint density at radius 2 is 2.22 bits per heavy atom. The Morgan fingerprint density at radius 3 is 3.00 bits per heavy atom. The van der Waals surface area contributed by atoms with Crippen molar-refractivity contribution in [2.24, 2.45) is 0 Å². The van der Waals surface area contributed by atoms with Gasteiger partial charge in [-0.25, -0.2) is 4.98 Å². The number of nitrogens with zero attached hydrogens (tertiary/aromatic N) is 2. The Kier molecular flexibility index (Phi) is 2.74. The van der Waals surface area contributed by atoms with Crippen molar-refractivity contribution in [1.82, 2.24) is 9.55 Å². The van der Waals surface area contributed by atoms with E-state index in [0.717, 1.165) is 42.8 Å². The highest BCUT2D eigenvalue weighted by molar-refractivity contribution is 5.76. The van der Waals surface area contributed by atoms with E-state index in [1.165, 1.54) is 12.0 Å². The Hall–Kier alpha value is -1.90. The SMILES string of the molecule is Cc1cccc(-c2nc(C=O)c3n2CCCC3)c1. The van der Waals surface area contributed by atoms with Gasteiger partial charge in [-0.3, -0.25) is 4.79 Å². The van der Waals surface area contributed by atoms with Crippen molar-refractivity contribution in [2.45, 2.75) is 32.7 Å². The molecule has 1 aromatic carbocycles. The number of benzene rings is 1. The molecular weight excluding hydrogens is 224 g/mol. The minimum absolute atomic E-state index is 0.617. The molecule has 3 rings (SSSR count). The zero-order valence-electron chi connectivity index (χ0n) is 10.5. The van der Waals surface area contributed by atoms with Crippen LogP contribution in [0.5, 0.6) is 0 Å². The first kappa shape index (κ1) is 11.2. The molecule has 0 saturated heterocycles. The summed E-state index contributed by atoms with van der Waals surface area (Å²) in [5.41, 5.74) is 4.04. The van der Waals surface area contributed by atoms with Gasteiger partial charge < -0.3 is 4.57 Å². The molecule has 0 bridgehead atoms. The minimum atomic E-state index is 0.617. The fourth-order valence-electron chi connectivity index (χ4n) is 2.67. The molecular formula is C15H16N2O. The van der Waals surface area contributed by atoms with E-state index in [1.807, 2.05) is 6.07 Å². The molecule has 92 valence electrons. The lowest BCUT2D eigenvalue weighted by Gasteiger charge is -2.17. The highest BCUT2D eigenvalue weighted by Crippen LogP contribution is 2.27. The molecule has 0 unspecified atom stereocenters. The Morgan fingerprint density at radius 1 is 1.33 bits per heavy atom. The highest BCUT2D eigenvalue weighted by atomic mass is 16.1. The number of imidazole rings is 1. The van der Waals surface area contributed by atoms with E-state index in [1.54, 1.807) is 0 Å². The molecule has 0 N–H and O–H groups in total. The number of rotatable bonds is 2. The van der Waals surface area contributed by atoms with Crippen molar-refractivity contribution in [3.8, 4) is 11.4 Å².